The number of thiophene rings is 1. The van der Waals surface area contributed by atoms with Crippen LogP contribution in [0.1, 0.15) is 25.1 Å². The largest absolute Gasteiger partial charge is 0.296 e. The molecule has 0 aliphatic rings. The second kappa shape index (κ2) is 6.89. The molecule has 1 rings (SSSR count). The standard InChI is InChI=1S/C11H17BrClNS/c1-9(2)14(5-3-4-13)7-11-6-10(12)8-15-11/h6,8-9H,3-5,7H2,1-2H3. The van der Waals surface area contributed by atoms with Crippen molar-refractivity contribution in [3.63, 3.8) is 0 Å². The Bertz CT molecular complexity index is 288. The summed E-state index contributed by atoms with van der Waals surface area (Å²) in [6.07, 6.45) is 1.06. The molecule has 1 aromatic heterocycles. The Morgan fingerprint density at radius 1 is 1.53 bits per heavy atom. The minimum Gasteiger partial charge on any atom is -0.296 e. The zero-order chi connectivity index (χ0) is 11.3. The van der Waals surface area contributed by atoms with Crippen molar-refractivity contribution in [2.45, 2.75) is 32.9 Å². The first-order chi connectivity index (χ1) is 7.13. The molecule has 0 aromatic carbocycles. The predicted molar refractivity (Wildman–Crippen MR) is 72.9 cm³/mol. The molecule has 0 radical (unpaired) electrons. The fourth-order valence-corrected chi connectivity index (χ4v) is 3.01. The second-order valence-electron chi connectivity index (χ2n) is 3.84. The van der Waals surface area contributed by atoms with Gasteiger partial charge >= 0.3 is 0 Å². The molecule has 0 bridgehead atoms. The maximum Gasteiger partial charge on any atom is 0.0331 e. The normalized spacial score (nSPS) is 11.6. The summed E-state index contributed by atoms with van der Waals surface area (Å²) in [4.78, 5) is 3.87. The summed E-state index contributed by atoms with van der Waals surface area (Å²) in [5, 5.41) is 2.13. The average molecular weight is 311 g/mol. The van der Waals surface area contributed by atoms with Crippen molar-refractivity contribution in [2.75, 3.05) is 12.4 Å². The van der Waals surface area contributed by atoms with E-state index in [9.17, 15) is 0 Å². The second-order valence-corrected chi connectivity index (χ2v) is 6.13. The quantitative estimate of drug-likeness (QED) is 0.706. The Balaban J connectivity index is 2.50. The molecular weight excluding hydrogens is 294 g/mol. The number of alkyl halides is 1. The summed E-state index contributed by atoms with van der Waals surface area (Å²) < 4.78 is 1.18. The van der Waals surface area contributed by atoms with Gasteiger partial charge in [0, 0.05) is 33.2 Å². The molecule has 1 aromatic rings. The van der Waals surface area contributed by atoms with Crippen LogP contribution in [0.4, 0.5) is 0 Å². The van der Waals surface area contributed by atoms with E-state index in [1.54, 1.807) is 0 Å². The summed E-state index contributed by atoms with van der Waals surface area (Å²) in [7, 11) is 0. The fraction of sp³-hybridized carbons (Fsp3) is 0.636. The van der Waals surface area contributed by atoms with Gasteiger partial charge in [-0.2, -0.15) is 0 Å². The van der Waals surface area contributed by atoms with E-state index in [1.165, 1.54) is 9.35 Å². The maximum absolute atomic E-state index is 5.73. The van der Waals surface area contributed by atoms with E-state index in [2.05, 4.69) is 46.1 Å². The van der Waals surface area contributed by atoms with Crippen LogP contribution < -0.4 is 0 Å². The number of rotatable bonds is 6. The molecule has 1 heterocycles. The van der Waals surface area contributed by atoms with Gasteiger partial charge in [0.25, 0.3) is 0 Å². The molecule has 0 saturated heterocycles. The molecule has 4 heteroatoms. The van der Waals surface area contributed by atoms with Gasteiger partial charge in [-0.3, -0.25) is 4.90 Å². The molecule has 0 aliphatic heterocycles. The van der Waals surface area contributed by atoms with Crippen LogP contribution in [0.15, 0.2) is 15.9 Å². The third kappa shape index (κ3) is 4.85. The molecular formula is C11H17BrClNS. The Morgan fingerprint density at radius 2 is 2.27 bits per heavy atom. The molecule has 0 atom stereocenters. The van der Waals surface area contributed by atoms with Crippen LogP contribution in [0.5, 0.6) is 0 Å². The summed E-state index contributed by atoms with van der Waals surface area (Å²) in [5.41, 5.74) is 0. The Labute approximate surface area is 110 Å². The van der Waals surface area contributed by atoms with Crippen molar-refractivity contribution in [1.29, 1.82) is 0 Å². The van der Waals surface area contributed by atoms with Crippen molar-refractivity contribution < 1.29 is 0 Å². The van der Waals surface area contributed by atoms with E-state index in [0.29, 0.717) is 6.04 Å². The van der Waals surface area contributed by atoms with Gasteiger partial charge in [-0.25, -0.2) is 0 Å². The SMILES string of the molecule is CC(C)N(CCCCl)Cc1cc(Br)cs1. The van der Waals surface area contributed by atoms with Gasteiger partial charge in [0.15, 0.2) is 0 Å². The predicted octanol–water partition coefficient (Wildman–Crippen LogP) is 4.35. The van der Waals surface area contributed by atoms with Crippen LogP contribution in [-0.4, -0.2) is 23.4 Å². The fourth-order valence-electron chi connectivity index (χ4n) is 1.42. The third-order valence-electron chi connectivity index (χ3n) is 2.29. The topological polar surface area (TPSA) is 3.24 Å². The summed E-state index contributed by atoms with van der Waals surface area (Å²) in [6.45, 7) is 6.58. The Kier molecular flexibility index (Phi) is 6.20. The molecule has 0 aliphatic carbocycles. The van der Waals surface area contributed by atoms with Crippen molar-refractivity contribution in [2.24, 2.45) is 0 Å². The Morgan fingerprint density at radius 3 is 2.73 bits per heavy atom. The number of hydrogen-bond acceptors (Lipinski definition) is 2. The minimum atomic E-state index is 0.578. The van der Waals surface area contributed by atoms with Crippen molar-refractivity contribution >= 4 is 38.9 Å². The van der Waals surface area contributed by atoms with Crippen molar-refractivity contribution in [3.05, 3.63) is 20.8 Å². The van der Waals surface area contributed by atoms with Crippen LogP contribution in [0.3, 0.4) is 0 Å². The van der Waals surface area contributed by atoms with Gasteiger partial charge in [-0.15, -0.1) is 22.9 Å². The Hall–Kier alpha value is 0.430. The van der Waals surface area contributed by atoms with Gasteiger partial charge in [-0.05, 0) is 48.8 Å². The number of halogens is 2. The van der Waals surface area contributed by atoms with Gasteiger partial charge < -0.3 is 0 Å². The van der Waals surface area contributed by atoms with Gasteiger partial charge in [0.2, 0.25) is 0 Å². The average Bonchev–Trinajstić information content (AvgIpc) is 2.58. The molecule has 0 unspecified atom stereocenters. The molecule has 0 spiro atoms. The van der Waals surface area contributed by atoms with Crippen LogP contribution in [0.2, 0.25) is 0 Å². The molecule has 1 nitrogen and oxygen atoms in total. The first kappa shape index (κ1) is 13.5. The summed E-state index contributed by atoms with van der Waals surface area (Å²) in [5.74, 6) is 0.747. The van der Waals surface area contributed by atoms with E-state index in [4.69, 9.17) is 11.6 Å². The molecule has 86 valence electrons. The van der Waals surface area contributed by atoms with E-state index < -0.39 is 0 Å². The lowest BCUT2D eigenvalue weighted by atomic mass is 10.3. The highest BCUT2D eigenvalue weighted by Gasteiger charge is 2.10. The zero-order valence-electron chi connectivity index (χ0n) is 9.17. The van der Waals surface area contributed by atoms with Crippen LogP contribution >= 0.6 is 38.9 Å². The van der Waals surface area contributed by atoms with E-state index in [1.807, 2.05) is 11.3 Å². The monoisotopic (exact) mass is 309 g/mol. The van der Waals surface area contributed by atoms with E-state index in [-0.39, 0.29) is 0 Å². The molecule has 0 fully saturated rings. The molecule has 0 N–H and O–H groups in total. The molecule has 0 saturated carbocycles. The minimum absolute atomic E-state index is 0.578. The highest BCUT2D eigenvalue weighted by atomic mass is 79.9. The first-order valence-electron chi connectivity index (χ1n) is 5.16. The van der Waals surface area contributed by atoms with E-state index in [0.717, 1.165) is 25.4 Å². The van der Waals surface area contributed by atoms with Crippen molar-refractivity contribution in [1.82, 2.24) is 4.90 Å². The van der Waals surface area contributed by atoms with Gasteiger partial charge in [0.05, 0.1) is 0 Å². The van der Waals surface area contributed by atoms with Gasteiger partial charge in [-0.1, -0.05) is 0 Å². The first-order valence-corrected chi connectivity index (χ1v) is 7.37. The summed E-state index contributed by atoms with van der Waals surface area (Å²) in [6, 6.07) is 2.77. The molecule has 15 heavy (non-hydrogen) atoms. The highest BCUT2D eigenvalue weighted by molar-refractivity contribution is 9.10. The lowest BCUT2D eigenvalue weighted by Gasteiger charge is -2.25. The van der Waals surface area contributed by atoms with Crippen LogP contribution in [-0.2, 0) is 6.54 Å². The van der Waals surface area contributed by atoms with Gasteiger partial charge in [0.1, 0.15) is 0 Å². The molecule has 0 amide bonds. The van der Waals surface area contributed by atoms with E-state index >= 15 is 0 Å². The van der Waals surface area contributed by atoms with Crippen molar-refractivity contribution in [3.8, 4) is 0 Å². The summed E-state index contributed by atoms with van der Waals surface area (Å²) >= 11 is 11.0. The zero-order valence-corrected chi connectivity index (χ0v) is 12.3. The number of hydrogen-bond donors (Lipinski definition) is 0. The van der Waals surface area contributed by atoms with Crippen LogP contribution in [0.25, 0.3) is 0 Å². The lowest BCUT2D eigenvalue weighted by molar-refractivity contribution is 0.215. The van der Waals surface area contributed by atoms with Crippen LogP contribution in [0, 0.1) is 0 Å². The lowest BCUT2D eigenvalue weighted by Crippen LogP contribution is -2.31. The maximum atomic E-state index is 5.73. The smallest absolute Gasteiger partial charge is 0.0331 e. The third-order valence-corrected chi connectivity index (χ3v) is 4.24. The highest BCUT2D eigenvalue weighted by Crippen LogP contribution is 2.22. The number of nitrogens with zero attached hydrogens (tertiary/aromatic N) is 1.